The molecule has 0 spiro atoms. The summed E-state index contributed by atoms with van der Waals surface area (Å²) >= 11 is 0. The minimum atomic E-state index is -3.73. The van der Waals surface area contributed by atoms with Gasteiger partial charge in [0.25, 0.3) is 11.9 Å². The van der Waals surface area contributed by atoms with Gasteiger partial charge >= 0.3 is 0 Å². The second kappa shape index (κ2) is 9.00. The summed E-state index contributed by atoms with van der Waals surface area (Å²) in [6.45, 7) is 8.54. The van der Waals surface area contributed by atoms with E-state index in [2.05, 4.69) is 20.4 Å². The van der Waals surface area contributed by atoms with Crippen LogP contribution in [-0.2, 0) is 14.8 Å². The Hall–Kier alpha value is -3.15. The number of hydrogen-bond acceptors (Lipinski definition) is 7. The Morgan fingerprint density at radius 2 is 1.64 bits per heavy atom. The van der Waals surface area contributed by atoms with Crippen molar-refractivity contribution in [2.24, 2.45) is 0 Å². The van der Waals surface area contributed by atoms with Crippen molar-refractivity contribution >= 4 is 21.7 Å². The van der Waals surface area contributed by atoms with Gasteiger partial charge in [0.15, 0.2) is 0 Å². The highest BCUT2D eigenvalue weighted by molar-refractivity contribution is 7.89. The van der Waals surface area contributed by atoms with Crippen LogP contribution in [-0.4, -0.2) is 64.7 Å². The molecular weight excluding hydrogens is 444 g/mol. The van der Waals surface area contributed by atoms with Crippen molar-refractivity contribution in [3.05, 3.63) is 58.5 Å². The van der Waals surface area contributed by atoms with E-state index in [1.54, 1.807) is 26.0 Å². The number of aromatic nitrogens is 4. The largest absolute Gasteiger partial charge is 0.379 e. The first-order chi connectivity index (χ1) is 15.6. The van der Waals surface area contributed by atoms with Crippen molar-refractivity contribution < 1.29 is 17.9 Å². The van der Waals surface area contributed by atoms with Crippen LogP contribution in [0.1, 0.15) is 33.0 Å². The van der Waals surface area contributed by atoms with E-state index in [-0.39, 0.29) is 23.5 Å². The van der Waals surface area contributed by atoms with Gasteiger partial charge in [-0.05, 0) is 51.5 Å². The summed E-state index contributed by atoms with van der Waals surface area (Å²) in [5, 5.41) is 7.25. The van der Waals surface area contributed by atoms with Crippen LogP contribution in [0.2, 0.25) is 0 Å². The van der Waals surface area contributed by atoms with Crippen molar-refractivity contribution in [1.82, 2.24) is 24.1 Å². The number of nitrogens with one attached hydrogen (secondary N) is 1. The van der Waals surface area contributed by atoms with Crippen LogP contribution in [0.4, 0.5) is 5.82 Å². The monoisotopic (exact) mass is 470 g/mol. The highest BCUT2D eigenvalue weighted by atomic mass is 32.2. The molecule has 1 aliphatic heterocycles. The number of rotatable bonds is 5. The summed E-state index contributed by atoms with van der Waals surface area (Å²) < 4.78 is 34.2. The molecule has 1 aromatic carbocycles. The van der Waals surface area contributed by atoms with Crippen LogP contribution in [0.5, 0.6) is 0 Å². The van der Waals surface area contributed by atoms with E-state index in [9.17, 15) is 13.2 Å². The Bertz CT molecular complexity index is 1290. The molecule has 4 rings (SSSR count). The molecule has 0 atom stereocenters. The first-order valence-corrected chi connectivity index (χ1v) is 12.0. The molecule has 0 saturated carbocycles. The number of carbonyl (C=O) groups is 1. The van der Waals surface area contributed by atoms with E-state index < -0.39 is 15.9 Å². The summed E-state index contributed by atoms with van der Waals surface area (Å²) in [7, 11) is -3.73. The van der Waals surface area contributed by atoms with E-state index in [0.29, 0.717) is 36.2 Å². The lowest BCUT2D eigenvalue weighted by molar-refractivity contribution is 0.0730. The number of amides is 1. The standard InChI is InChI=1S/C22H26N6O4S/c1-14-5-6-18(33(30,31)27-7-9-32-10-8-27)13-19(14)21(29)25-20-12-17(4)26-28(20)22-23-15(2)11-16(3)24-22/h5-6,11-13H,7-10H2,1-4H3,(H,25,29). The summed E-state index contributed by atoms with van der Waals surface area (Å²) in [6.07, 6.45) is 0. The zero-order valence-corrected chi connectivity index (χ0v) is 19.8. The fraction of sp³-hybridized carbons (Fsp3) is 0.364. The number of benzene rings is 1. The number of nitrogens with zero attached hydrogens (tertiary/aromatic N) is 5. The number of hydrogen-bond donors (Lipinski definition) is 1. The highest BCUT2D eigenvalue weighted by Gasteiger charge is 2.27. The third kappa shape index (κ3) is 4.80. The lowest BCUT2D eigenvalue weighted by Crippen LogP contribution is -2.40. The molecule has 1 aliphatic rings. The fourth-order valence-corrected chi connectivity index (χ4v) is 5.10. The molecule has 0 unspecified atom stereocenters. The minimum absolute atomic E-state index is 0.0717. The van der Waals surface area contributed by atoms with Crippen LogP contribution in [0, 0.1) is 27.7 Å². The number of anilines is 1. The fourth-order valence-electron chi connectivity index (χ4n) is 3.67. The number of morpholine rings is 1. The molecule has 0 aliphatic carbocycles. The van der Waals surface area contributed by atoms with E-state index in [0.717, 1.165) is 11.4 Å². The molecule has 10 nitrogen and oxygen atoms in total. The van der Waals surface area contributed by atoms with Crippen LogP contribution in [0.15, 0.2) is 35.2 Å². The molecule has 2 aromatic heterocycles. The maximum Gasteiger partial charge on any atom is 0.257 e. The van der Waals surface area contributed by atoms with Crippen molar-refractivity contribution in [1.29, 1.82) is 0 Å². The molecule has 33 heavy (non-hydrogen) atoms. The first-order valence-electron chi connectivity index (χ1n) is 10.5. The minimum Gasteiger partial charge on any atom is -0.379 e. The topological polar surface area (TPSA) is 119 Å². The smallest absolute Gasteiger partial charge is 0.257 e. The van der Waals surface area contributed by atoms with Gasteiger partial charge in [0, 0.05) is 36.1 Å². The SMILES string of the molecule is Cc1cc(C)nc(-n2nc(C)cc2NC(=O)c2cc(S(=O)(=O)N3CCOCC3)ccc2C)n1. The molecule has 1 saturated heterocycles. The molecule has 11 heteroatoms. The third-order valence-electron chi connectivity index (χ3n) is 5.29. The van der Waals surface area contributed by atoms with E-state index in [1.165, 1.54) is 21.1 Å². The Balaban J connectivity index is 1.66. The molecule has 1 amide bonds. The molecule has 0 bridgehead atoms. The number of ether oxygens (including phenoxy) is 1. The molecule has 3 heterocycles. The van der Waals surface area contributed by atoms with Gasteiger partial charge in [0.2, 0.25) is 10.0 Å². The normalized spacial score (nSPS) is 14.9. The third-order valence-corrected chi connectivity index (χ3v) is 7.19. The molecular formula is C22H26N6O4S. The lowest BCUT2D eigenvalue weighted by atomic mass is 10.1. The lowest BCUT2D eigenvalue weighted by Gasteiger charge is -2.26. The molecule has 1 fully saturated rings. The number of aryl methyl sites for hydroxylation is 4. The summed E-state index contributed by atoms with van der Waals surface area (Å²) in [5.74, 6) is 0.289. The Kier molecular flexibility index (Phi) is 6.28. The van der Waals surface area contributed by atoms with Crippen molar-refractivity contribution in [3.63, 3.8) is 0 Å². The van der Waals surface area contributed by atoms with Crippen molar-refractivity contribution in [2.45, 2.75) is 32.6 Å². The predicted octanol–water partition coefficient (Wildman–Crippen LogP) is 2.17. The average molecular weight is 471 g/mol. The van der Waals surface area contributed by atoms with Crippen LogP contribution < -0.4 is 5.32 Å². The maximum atomic E-state index is 13.2. The molecule has 3 aromatic rings. The van der Waals surface area contributed by atoms with Crippen molar-refractivity contribution in [2.75, 3.05) is 31.6 Å². The number of carbonyl (C=O) groups excluding carboxylic acids is 1. The van der Waals surface area contributed by atoms with E-state index in [4.69, 9.17) is 4.74 Å². The molecule has 1 N–H and O–H groups in total. The van der Waals surface area contributed by atoms with Gasteiger partial charge in [-0.2, -0.15) is 14.1 Å². The zero-order valence-electron chi connectivity index (χ0n) is 19.0. The Labute approximate surface area is 192 Å². The average Bonchev–Trinajstić information content (AvgIpc) is 3.13. The quantitative estimate of drug-likeness (QED) is 0.607. The van der Waals surface area contributed by atoms with Gasteiger partial charge in [-0.25, -0.2) is 18.4 Å². The predicted molar refractivity (Wildman–Crippen MR) is 122 cm³/mol. The zero-order chi connectivity index (χ0) is 23.8. The summed E-state index contributed by atoms with van der Waals surface area (Å²) in [4.78, 5) is 22.1. The number of sulfonamides is 1. The van der Waals surface area contributed by atoms with Crippen LogP contribution in [0.25, 0.3) is 5.95 Å². The second-order valence-corrected chi connectivity index (χ2v) is 9.92. The summed E-state index contributed by atoms with van der Waals surface area (Å²) in [6, 6.07) is 8.13. The highest BCUT2D eigenvalue weighted by Crippen LogP contribution is 2.22. The van der Waals surface area contributed by atoms with E-state index in [1.807, 2.05) is 19.9 Å². The van der Waals surface area contributed by atoms with Crippen molar-refractivity contribution in [3.8, 4) is 5.95 Å². The van der Waals surface area contributed by atoms with E-state index >= 15 is 0 Å². The van der Waals surface area contributed by atoms with Crippen LogP contribution in [0.3, 0.4) is 0 Å². The van der Waals surface area contributed by atoms with Gasteiger partial charge in [-0.1, -0.05) is 6.07 Å². The Morgan fingerprint density at radius 1 is 0.970 bits per heavy atom. The van der Waals surface area contributed by atoms with Crippen LogP contribution >= 0.6 is 0 Å². The maximum absolute atomic E-state index is 13.2. The first kappa shape index (κ1) is 23.0. The molecule has 174 valence electrons. The Morgan fingerprint density at radius 3 is 2.30 bits per heavy atom. The van der Waals surface area contributed by atoms with Gasteiger partial charge in [-0.3, -0.25) is 4.79 Å². The second-order valence-electron chi connectivity index (χ2n) is 7.98. The van der Waals surface area contributed by atoms with Gasteiger partial charge in [0.1, 0.15) is 5.82 Å². The van der Waals surface area contributed by atoms with Gasteiger partial charge in [0.05, 0.1) is 23.8 Å². The summed E-state index contributed by atoms with van der Waals surface area (Å²) in [5.41, 5.74) is 3.14. The molecule has 0 radical (unpaired) electrons. The van der Waals surface area contributed by atoms with Gasteiger partial charge < -0.3 is 10.1 Å². The van der Waals surface area contributed by atoms with Gasteiger partial charge in [-0.15, -0.1) is 0 Å².